The highest BCUT2D eigenvalue weighted by Gasteiger charge is 2.16. The van der Waals surface area contributed by atoms with Crippen LogP contribution in [-0.2, 0) is 9.47 Å². The summed E-state index contributed by atoms with van der Waals surface area (Å²) in [6, 6.07) is 0.680. The van der Waals surface area contributed by atoms with Gasteiger partial charge in [0.1, 0.15) is 6.61 Å². The lowest BCUT2D eigenvalue weighted by Crippen LogP contribution is -2.24. The molecular weight excluding hydrogens is 348 g/mol. The molecule has 9 nitrogen and oxygen atoms in total. The first kappa shape index (κ1) is 21.3. The smallest absolute Gasteiger partial charge is 0.323 e. The van der Waals surface area contributed by atoms with Gasteiger partial charge in [0.25, 0.3) is 0 Å². The van der Waals surface area contributed by atoms with Crippen LogP contribution in [0.1, 0.15) is 32.1 Å². The molecule has 9 heteroatoms. The number of aromatic nitrogens is 3. The van der Waals surface area contributed by atoms with Crippen LogP contribution in [0.3, 0.4) is 0 Å². The Morgan fingerprint density at radius 2 is 1.74 bits per heavy atom. The van der Waals surface area contributed by atoms with Gasteiger partial charge in [-0.05, 0) is 12.8 Å². The van der Waals surface area contributed by atoms with Gasteiger partial charge in [-0.3, -0.25) is 0 Å². The number of ether oxygens (including phenoxy) is 3. The Morgan fingerprint density at radius 1 is 1.00 bits per heavy atom. The van der Waals surface area contributed by atoms with Crippen molar-refractivity contribution < 1.29 is 14.2 Å². The van der Waals surface area contributed by atoms with E-state index in [1.165, 1.54) is 19.3 Å². The lowest BCUT2D eigenvalue weighted by molar-refractivity contribution is 0.0547. The molecule has 0 aromatic carbocycles. The van der Waals surface area contributed by atoms with Crippen molar-refractivity contribution in [1.82, 2.24) is 15.0 Å². The molecule has 0 spiro atoms. The fraction of sp³-hybridized carbons (Fsp3) is 0.722. The lowest BCUT2D eigenvalue weighted by Gasteiger charge is -2.22. The monoisotopic (exact) mass is 380 g/mol. The van der Waals surface area contributed by atoms with Crippen LogP contribution < -0.4 is 21.1 Å². The molecule has 152 valence electrons. The number of nitrogens with two attached hydrogens (primary N) is 1. The second kappa shape index (κ2) is 13.2. The van der Waals surface area contributed by atoms with Crippen molar-refractivity contribution in [2.75, 3.05) is 56.8 Å². The first-order valence-electron chi connectivity index (χ1n) is 9.67. The fourth-order valence-electron chi connectivity index (χ4n) is 2.77. The minimum Gasteiger partial charge on any atom is -0.459 e. The number of nitrogens with one attached hydrogen (secondary N) is 2. The maximum Gasteiger partial charge on any atom is 0.323 e. The molecule has 1 aromatic heterocycles. The van der Waals surface area contributed by atoms with Gasteiger partial charge in [0, 0.05) is 19.1 Å². The number of anilines is 2. The molecule has 4 N–H and O–H groups in total. The zero-order chi connectivity index (χ0) is 19.2. The Bertz CT molecular complexity index is 540. The second-order valence-corrected chi connectivity index (χ2v) is 6.28. The SMILES string of the molecule is C=CCOc1nc(NCCOCCOCCN)nc(NC2CCCCC2)n1. The minimum atomic E-state index is 0.279. The van der Waals surface area contributed by atoms with Crippen LogP contribution in [-0.4, -0.2) is 67.1 Å². The molecule has 0 unspecified atom stereocenters. The minimum absolute atomic E-state index is 0.279. The van der Waals surface area contributed by atoms with E-state index in [0.717, 1.165) is 12.8 Å². The Hall–Kier alpha value is -1.97. The van der Waals surface area contributed by atoms with Crippen molar-refractivity contribution in [2.45, 2.75) is 38.1 Å². The van der Waals surface area contributed by atoms with Crippen molar-refractivity contribution in [3.8, 4) is 6.01 Å². The molecule has 1 aliphatic carbocycles. The van der Waals surface area contributed by atoms with Crippen molar-refractivity contribution in [3.63, 3.8) is 0 Å². The molecule has 2 rings (SSSR count). The molecule has 0 aliphatic heterocycles. The van der Waals surface area contributed by atoms with E-state index in [0.29, 0.717) is 64.1 Å². The summed E-state index contributed by atoms with van der Waals surface area (Å²) in [5, 5.41) is 6.55. The van der Waals surface area contributed by atoms with Crippen LogP contribution in [0.4, 0.5) is 11.9 Å². The molecule has 1 fully saturated rings. The average molecular weight is 380 g/mol. The normalized spacial score (nSPS) is 14.7. The van der Waals surface area contributed by atoms with Crippen LogP contribution in [0.25, 0.3) is 0 Å². The second-order valence-electron chi connectivity index (χ2n) is 6.28. The summed E-state index contributed by atoms with van der Waals surface area (Å²) in [6.45, 7) is 7.23. The summed E-state index contributed by atoms with van der Waals surface area (Å²) in [4.78, 5) is 13.1. The Balaban J connectivity index is 1.81. The zero-order valence-electron chi connectivity index (χ0n) is 16.0. The third-order valence-corrected chi connectivity index (χ3v) is 4.05. The summed E-state index contributed by atoms with van der Waals surface area (Å²) < 4.78 is 16.2. The maximum atomic E-state index is 5.49. The summed E-state index contributed by atoms with van der Waals surface area (Å²) in [7, 11) is 0. The number of nitrogens with zero attached hydrogens (tertiary/aromatic N) is 3. The summed E-state index contributed by atoms with van der Waals surface area (Å²) >= 11 is 0. The highest BCUT2D eigenvalue weighted by Crippen LogP contribution is 2.21. The number of hydrogen-bond donors (Lipinski definition) is 3. The van der Waals surface area contributed by atoms with Crippen molar-refractivity contribution >= 4 is 11.9 Å². The topological polar surface area (TPSA) is 116 Å². The third-order valence-electron chi connectivity index (χ3n) is 4.05. The highest BCUT2D eigenvalue weighted by atomic mass is 16.5. The van der Waals surface area contributed by atoms with E-state index in [4.69, 9.17) is 19.9 Å². The Morgan fingerprint density at radius 3 is 2.48 bits per heavy atom. The zero-order valence-corrected chi connectivity index (χ0v) is 16.0. The first-order valence-corrected chi connectivity index (χ1v) is 9.67. The molecule has 1 aliphatic rings. The first-order chi connectivity index (χ1) is 13.3. The predicted molar refractivity (Wildman–Crippen MR) is 105 cm³/mol. The van der Waals surface area contributed by atoms with Crippen LogP contribution in [0, 0.1) is 0 Å². The van der Waals surface area contributed by atoms with E-state index in [1.54, 1.807) is 6.08 Å². The molecule has 1 heterocycles. The molecule has 0 amide bonds. The van der Waals surface area contributed by atoms with Crippen LogP contribution in [0.5, 0.6) is 6.01 Å². The quantitative estimate of drug-likeness (QED) is 0.327. The van der Waals surface area contributed by atoms with Gasteiger partial charge in [-0.25, -0.2) is 0 Å². The molecule has 0 radical (unpaired) electrons. The van der Waals surface area contributed by atoms with Gasteiger partial charge in [0.15, 0.2) is 0 Å². The van der Waals surface area contributed by atoms with Crippen LogP contribution >= 0.6 is 0 Å². The molecule has 0 saturated heterocycles. The fourth-order valence-corrected chi connectivity index (χ4v) is 2.77. The highest BCUT2D eigenvalue weighted by molar-refractivity contribution is 5.36. The van der Waals surface area contributed by atoms with Crippen molar-refractivity contribution in [2.24, 2.45) is 5.73 Å². The van der Waals surface area contributed by atoms with Crippen LogP contribution in [0.15, 0.2) is 12.7 Å². The molecule has 27 heavy (non-hydrogen) atoms. The van der Waals surface area contributed by atoms with Gasteiger partial charge in [0.05, 0.1) is 26.4 Å². The molecule has 0 atom stereocenters. The molecule has 1 aromatic rings. The summed E-state index contributed by atoms with van der Waals surface area (Å²) in [6.07, 6.45) is 7.70. The predicted octanol–water partition coefficient (Wildman–Crippen LogP) is 1.58. The third kappa shape index (κ3) is 8.98. The van der Waals surface area contributed by atoms with Gasteiger partial charge in [-0.2, -0.15) is 15.0 Å². The maximum absolute atomic E-state index is 5.49. The van der Waals surface area contributed by atoms with Gasteiger partial charge >= 0.3 is 6.01 Å². The molecule has 0 bridgehead atoms. The van der Waals surface area contributed by atoms with E-state index in [9.17, 15) is 0 Å². The van der Waals surface area contributed by atoms with Gasteiger partial charge < -0.3 is 30.6 Å². The van der Waals surface area contributed by atoms with E-state index >= 15 is 0 Å². The van der Waals surface area contributed by atoms with E-state index in [-0.39, 0.29) is 6.01 Å². The Kier molecular flexibility index (Phi) is 10.5. The summed E-state index contributed by atoms with van der Waals surface area (Å²) in [5.41, 5.74) is 5.35. The van der Waals surface area contributed by atoms with Gasteiger partial charge in [-0.15, -0.1) is 0 Å². The Labute approximate surface area is 161 Å². The van der Waals surface area contributed by atoms with Gasteiger partial charge in [0.2, 0.25) is 11.9 Å². The van der Waals surface area contributed by atoms with Gasteiger partial charge in [-0.1, -0.05) is 31.9 Å². The lowest BCUT2D eigenvalue weighted by atomic mass is 9.96. The largest absolute Gasteiger partial charge is 0.459 e. The molecule has 1 saturated carbocycles. The van der Waals surface area contributed by atoms with Crippen molar-refractivity contribution in [1.29, 1.82) is 0 Å². The standard InChI is InChI=1S/C18H32N6O3/c1-2-10-27-18-23-16(20-9-12-26-14-13-25-11-8-19)22-17(24-18)21-15-6-4-3-5-7-15/h2,15H,1,3-14,19H2,(H2,20,21,22,23,24). The average Bonchev–Trinajstić information content (AvgIpc) is 2.69. The number of hydrogen-bond acceptors (Lipinski definition) is 9. The number of rotatable bonds is 14. The van der Waals surface area contributed by atoms with E-state index in [2.05, 4.69) is 32.2 Å². The molecular formula is C18H32N6O3. The van der Waals surface area contributed by atoms with Crippen molar-refractivity contribution in [3.05, 3.63) is 12.7 Å². The van der Waals surface area contributed by atoms with E-state index < -0.39 is 0 Å². The van der Waals surface area contributed by atoms with Crippen LogP contribution in [0.2, 0.25) is 0 Å². The summed E-state index contributed by atoms with van der Waals surface area (Å²) in [5.74, 6) is 1.000. The van der Waals surface area contributed by atoms with E-state index in [1.807, 2.05) is 0 Å².